The van der Waals surface area contributed by atoms with Gasteiger partial charge in [-0.1, -0.05) is 18.6 Å². The van der Waals surface area contributed by atoms with Gasteiger partial charge in [-0.15, -0.1) is 0 Å². The standard InChI is InChI=1S/C16H22N4O/c1-12-19-13-6-2-3-8-15(13)20(12)11-10-18-16(21)14-7-4-5-9-17-14/h2-3,6,8,14,17H,4-5,7,9-11H2,1H3,(H,18,21)/t14-/m1/s1. The molecule has 5 nitrogen and oxygen atoms in total. The van der Waals surface area contributed by atoms with Crippen molar-refractivity contribution in [1.82, 2.24) is 20.2 Å². The van der Waals surface area contributed by atoms with Gasteiger partial charge >= 0.3 is 0 Å². The first-order chi connectivity index (χ1) is 10.3. The van der Waals surface area contributed by atoms with Gasteiger partial charge in [-0.05, 0) is 38.4 Å². The zero-order valence-electron chi connectivity index (χ0n) is 12.4. The molecular weight excluding hydrogens is 264 g/mol. The van der Waals surface area contributed by atoms with Crippen LogP contribution in [0.5, 0.6) is 0 Å². The lowest BCUT2D eigenvalue weighted by Gasteiger charge is -2.22. The molecule has 21 heavy (non-hydrogen) atoms. The number of aryl methyl sites for hydroxylation is 1. The number of hydrogen-bond acceptors (Lipinski definition) is 3. The third kappa shape index (κ3) is 3.08. The maximum atomic E-state index is 12.1. The van der Waals surface area contributed by atoms with Crippen molar-refractivity contribution in [3.63, 3.8) is 0 Å². The highest BCUT2D eigenvalue weighted by atomic mass is 16.2. The zero-order chi connectivity index (χ0) is 14.7. The van der Waals surface area contributed by atoms with Gasteiger partial charge in [0.25, 0.3) is 0 Å². The molecule has 112 valence electrons. The molecule has 0 radical (unpaired) electrons. The Kier molecular flexibility index (Phi) is 4.20. The summed E-state index contributed by atoms with van der Waals surface area (Å²) in [7, 11) is 0. The number of fused-ring (bicyclic) bond motifs is 1. The SMILES string of the molecule is Cc1nc2ccccc2n1CCNC(=O)[C@H]1CCCCN1. The van der Waals surface area contributed by atoms with E-state index in [0.29, 0.717) is 6.54 Å². The van der Waals surface area contributed by atoms with Gasteiger partial charge in [-0.25, -0.2) is 4.98 Å². The van der Waals surface area contributed by atoms with E-state index in [9.17, 15) is 4.79 Å². The fraction of sp³-hybridized carbons (Fsp3) is 0.500. The van der Waals surface area contributed by atoms with E-state index >= 15 is 0 Å². The van der Waals surface area contributed by atoms with Crippen LogP contribution < -0.4 is 10.6 Å². The lowest BCUT2D eigenvalue weighted by molar-refractivity contribution is -0.123. The normalized spacial score (nSPS) is 18.8. The molecule has 5 heteroatoms. The van der Waals surface area contributed by atoms with Crippen molar-refractivity contribution in [2.24, 2.45) is 0 Å². The number of rotatable bonds is 4. The van der Waals surface area contributed by atoms with Crippen molar-refractivity contribution in [3.05, 3.63) is 30.1 Å². The number of piperidine rings is 1. The van der Waals surface area contributed by atoms with Gasteiger partial charge in [0.1, 0.15) is 5.82 Å². The van der Waals surface area contributed by atoms with Crippen LogP contribution >= 0.6 is 0 Å². The minimum atomic E-state index is -0.0145. The molecule has 0 bridgehead atoms. The Balaban J connectivity index is 1.59. The summed E-state index contributed by atoms with van der Waals surface area (Å²) in [5.74, 6) is 1.11. The van der Waals surface area contributed by atoms with Gasteiger partial charge in [0.2, 0.25) is 5.91 Å². The van der Waals surface area contributed by atoms with Crippen LogP contribution in [-0.4, -0.2) is 34.6 Å². The highest BCUT2D eigenvalue weighted by molar-refractivity contribution is 5.81. The number of benzene rings is 1. The predicted octanol–water partition coefficient (Wildman–Crippen LogP) is 1.60. The van der Waals surface area contributed by atoms with Gasteiger partial charge in [-0.2, -0.15) is 0 Å². The molecule has 0 spiro atoms. The van der Waals surface area contributed by atoms with E-state index in [4.69, 9.17) is 0 Å². The average Bonchev–Trinajstić information content (AvgIpc) is 2.84. The number of carbonyl (C=O) groups is 1. The van der Waals surface area contributed by atoms with Crippen LogP contribution in [0.4, 0.5) is 0 Å². The van der Waals surface area contributed by atoms with Crippen LogP contribution in [0.15, 0.2) is 24.3 Å². The molecule has 1 atom stereocenters. The second-order valence-corrected chi connectivity index (χ2v) is 5.59. The number of carbonyl (C=O) groups excluding carboxylic acids is 1. The molecule has 1 aromatic heterocycles. The maximum absolute atomic E-state index is 12.1. The Morgan fingerprint density at radius 2 is 2.29 bits per heavy atom. The van der Waals surface area contributed by atoms with Crippen molar-refractivity contribution in [2.45, 2.75) is 38.8 Å². The monoisotopic (exact) mass is 286 g/mol. The van der Waals surface area contributed by atoms with Crippen molar-refractivity contribution >= 4 is 16.9 Å². The van der Waals surface area contributed by atoms with Crippen LogP contribution in [0.25, 0.3) is 11.0 Å². The number of aromatic nitrogens is 2. The first-order valence-corrected chi connectivity index (χ1v) is 7.68. The minimum absolute atomic E-state index is 0.0145. The second kappa shape index (κ2) is 6.26. The molecule has 1 saturated heterocycles. The third-order valence-electron chi connectivity index (χ3n) is 4.11. The van der Waals surface area contributed by atoms with Gasteiger partial charge in [0, 0.05) is 13.1 Å². The van der Waals surface area contributed by atoms with E-state index in [1.54, 1.807) is 0 Å². The Morgan fingerprint density at radius 3 is 3.10 bits per heavy atom. The van der Waals surface area contributed by atoms with E-state index in [2.05, 4.69) is 26.3 Å². The Morgan fingerprint density at radius 1 is 1.43 bits per heavy atom. The first-order valence-electron chi connectivity index (χ1n) is 7.68. The fourth-order valence-electron chi connectivity index (χ4n) is 2.97. The molecule has 1 aliphatic rings. The van der Waals surface area contributed by atoms with Gasteiger partial charge < -0.3 is 15.2 Å². The Labute approximate surface area is 124 Å². The van der Waals surface area contributed by atoms with Crippen LogP contribution in [0.2, 0.25) is 0 Å². The molecule has 0 aliphatic carbocycles. The van der Waals surface area contributed by atoms with Crippen LogP contribution in [0.3, 0.4) is 0 Å². The summed E-state index contributed by atoms with van der Waals surface area (Å²) in [5.41, 5.74) is 2.13. The number of imidazole rings is 1. The molecule has 1 aromatic carbocycles. The molecule has 1 fully saturated rings. The van der Waals surface area contributed by atoms with E-state index in [1.807, 2.05) is 25.1 Å². The molecule has 3 rings (SSSR count). The fourth-order valence-corrected chi connectivity index (χ4v) is 2.97. The number of nitrogens with one attached hydrogen (secondary N) is 2. The van der Waals surface area contributed by atoms with Gasteiger partial charge in [-0.3, -0.25) is 4.79 Å². The largest absolute Gasteiger partial charge is 0.353 e. The van der Waals surface area contributed by atoms with E-state index in [-0.39, 0.29) is 11.9 Å². The van der Waals surface area contributed by atoms with Crippen molar-refractivity contribution in [3.8, 4) is 0 Å². The minimum Gasteiger partial charge on any atom is -0.353 e. The van der Waals surface area contributed by atoms with Crippen LogP contribution in [0.1, 0.15) is 25.1 Å². The molecular formula is C16H22N4O. The molecule has 1 amide bonds. The molecule has 0 unspecified atom stereocenters. The van der Waals surface area contributed by atoms with Crippen molar-refractivity contribution in [2.75, 3.05) is 13.1 Å². The van der Waals surface area contributed by atoms with Crippen LogP contribution in [-0.2, 0) is 11.3 Å². The quantitative estimate of drug-likeness (QED) is 0.897. The number of para-hydroxylation sites is 2. The second-order valence-electron chi connectivity index (χ2n) is 5.59. The third-order valence-corrected chi connectivity index (χ3v) is 4.11. The van der Waals surface area contributed by atoms with E-state index < -0.39 is 0 Å². The Hall–Kier alpha value is -1.88. The van der Waals surface area contributed by atoms with Crippen molar-refractivity contribution < 1.29 is 4.79 Å². The lowest BCUT2D eigenvalue weighted by Crippen LogP contribution is -2.47. The van der Waals surface area contributed by atoms with E-state index in [1.165, 1.54) is 6.42 Å². The highest BCUT2D eigenvalue weighted by Crippen LogP contribution is 2.14. The zero-order valence-corrected chi connectivity index (χ0v) is 12.4. The molecule has 1 aliphatic heterocycles. The average molecular weight is 286 g/mol. The lowest BCUT2D eigenvalue weighted by atomic mass is 10.0. The number of amides is 1. The predicted molar refractivity (Wildman–Crippen MR) is 83.1 cm³/mol. The summed E-state index contributed by atoms with van der Waals surface area (Å²) in [5, 5.41) is 6.30. The number of nitrogens with zero attached hydrogens (tertiary/aromatic N) is 2. The smallest absolute Gasteiger partial charge is 0.237 e. The topological polar surface area (TPSA) is 59.0 Å². The summed E-state index contributed by atoms with van der Waals surface area (Å²) in [6.07, 6.45) is 3.25. The van der Waals surface area contributed by atoms with Crippen LogP contribution in [0, 0.1) is 6.92 Å². The highest BCUT2D eigenvalue weighted by Gasteiger charge is 2.19. The van der Waals surface area contributed by atoms with E-state index in [0.717, 1.165) is 42.8 Å². The maximum Gasteiger partial charge on any atom is 0.237 e. The van der Waals surface area contributed by atoms with Gasteiger partial charge in [0.05, 0.1) is 17.1 Å². The summed E-state index contributed by atoms with van der Waals surface area (Å²) in [6.45, 7) is 4.34. The summed E-state index contributed by atoms with van der Waals surface area (Å²) in [4.78, 5) is 16.6. The van der Waals surface area contributed by atoms with Crippen molar-refractivity contribution in [1.29, 1.82) is 0 Å². The summed E-state index contributed by atoms with van der Waals surface area (Å²) >= 11 is 0. The number of hydrogen-bond donors (Lipinski definition) is 2. The summed E-state index contributed by atoms with van der Waals surface area (Å²) in [6, 6.07) is 8.09. The molecule has 0 saturated carbocycles. The van der Waals surface area contributed by atoms with Gasteiger partial charge in [0.15, 0.2) is 0 Å². The molecule has 2 heterocycles. The molecule has 2 N–H and O–H groups in total. The first kappa shape index (κ1) is 14.1. The molecule has 2 aromatic rings. The summed E-state index contributed by atoms with van der Waals surface area (Å²) < 4.78 is 2.16. The Bertz CT molecular complexity index is 628.